The molecule has 1 aliphatic heterocycles. The fraction of sp³-hybridized carbons (Fsp3) is 0.556. The number of hydrogen-bond donors (Lipinski definition) is 2. The molecule has 2 heterocycles. The molecule has 1 aliphatic rings. The van der Waals surface area contributed by atoms with Crippen LogP contribution in [0, 0.1) is 0 Å². The quantitative estimate of drug-likeness (QED) is 0.773. The number of rotatable bonds is 2. The fourth-order valence-electron chi connectivity index (χ4n) is 1.53. The maximum atomic E-state index is 4.12. The van der Waals surface area contributed by atoms with Gasteiger partial charge in [-0.3, -0.25) is 0 Å². The van der Waals surface area contributed by atoms with Crippen LogP contribution in [0.2, 0.25) is 0 Å². The van der Waals surface area contributed by atoms with E-state index in [1.54, 1.807) is 12.4 Å². The Bertz CT molecular complexity index is 248. The highest BCUT2D eigenvalue weighted by Gasteiger charge is 2.12. The van der Waals surface area contributed by atoms with E-state index in [1.165, 1.54) is 12.8 Å². The van der Waals surface area contributed by atoms with Gasteiger partial charge in [0, 0.05) is 25.0 Å². The first-order valence-corrected chi connectivity index (χ1v) is 4.69. The molecule has 14 heavy (non-hydrogen) atoms. The Labute approximate surface area is 89.9 Å². The molecule has 0 saturated carbocycles. The number of nitrogens with one attached hydrogen (secondary N) is 2. The number of halogens is 1. The SMILES string of the molecule is Cl.c1cnc(N[C@@H]2CCCNC2)nc1. The number of piperidine rings is 1. The molecule has 2 N–H and O–H groups in total. The first-order chi connectivity index (χ1) is 6.45. The van der Waals surface area contributed by atoms with E-state index in [0.717, 1.165) is 19.0 Å². The van der Waals surface area contributed by atoms with Crippen molar-refractivity contribution in [3.05, 3.63) is 18.5 Å². The van der Waals surface area contributed by atoms with Gasteiger partial charge < -0.3 is 10.6 Å². The van der Waals surface area contributed by atoms with Gasteiger partial charge in [-0.2, -0.15) is 0 Å². The number of hydrogen-bond acceptors (Lipinski definition) is 4. The molecular formula is C9H15ClN4. The van der Waals surface area contributed by atoms with Gasteiger partial charge in [-0.25, -0.2) is 9.97 Å². The largest absolute Gasteiger partial charge is 0.350 e. The summed E-state index contributed by atoms with van der Waals surface area (Å²) >= 11 is 0. The van der Waals surface area contributed by atoms with E-state index in [1.807, 2.05) is 6.07 Å². The molecular weight excluding hydrogens is 200 g/mol. The zero-order valence-electron chi connectivity index (χ0n) is 7.94. The number of aromatic nitrogens is 2. The second kappa shape index (κ2) is 5.78. The Morgan fingerprint density at radius 2 is 2.14 bits per heavy atom. The van der Waals surface area contributed by atoms with E-state index in [9.17, 15) is 0 Å². The van der Waals surface area contributed by atoms with E-state index in [4.69, 9.17) is 0 Å². The summed E-state index contributed by atoms with van der Waals surface area (Å²) in [5.74, 6) is 0.733. The Morgan fingerprint density at radius 1 is 1.36 bits per heavy atom. The van der Waals surface area contributed by atoms with Crippen molar-refractivity contribution in [3.63, 3.8) is 0 Å². The van der Waals surface area contributed by atoms with Gasteiger partial charge in [-0.05, 0) is 25.5 Å². The highest BCUT2D eigenvalue weighted by Crippen LogP contribution is 2.06. The Hall–Kier alpha value is -0.870. The van der Waals surface area contributed by atoms with Crippen molar-refractivity contribution < 1.29 is 0 Å². The van der Waals surface area contributed by atoms with Gasteiger partial charge in [0.15, 0.2) is 0 Å². The van der Waals surface area contributed by atoms with Crippen molar-refractivity contribution in [2.75, 3.05) is 18.4 Å². The summed E-state index contributed by atoms with van der Waals surface area (Å²) in [6.07, 6.45) is 5.94. The van der Waals surface area contributed by atoms with Gasteiger partial charge in [0.2, 0.25) is 5.95 Å². The van der Waals surface area contributed by atoms with Crippen LogP contribution < -0.4 is 10.6 Å². The van der Waals surface area contributed by atoms with E-state index < -0.39 is 0 Å². The van der Waals surface area contributed by atoms with Gasteiger partial charge in [-0.1, -0.05) is 0 Å². The van der Waals surface area contributed by atoms with Crippen molar-refractivity contribution in [2.24, 2.45) is 0 Å². The lowest BCUT2D eigenvalue weighted by molar-refractivity contribution is 0.478. The lowest BCUT2D eigenvalue weighted by atomic mass is 10.1. The average molecular weight is 215 g/mol. The van der Waals surface area contributed by atoms with E-state index in [-0.39, 0.29) is 12.4 Å². The van der Waals surface area contributed by atoms with Crippen LogP contribution in [0.4, 0.5) is 5.95 Å². The van der Waals surface area contributed by atoms with Crippen molar-refractivity contribution in [2.45, 2.75) is 18.9 Å². The summed E-state index contributed by atoms with van der Waals surface area (Å²) in [5.41, 5.74) is 0. The van der Waals surface area contributed by atoms with Crippen LogP contribution in [-0.2, 0) is 0 Å². The molecule has 78 valence electrons. The Kier molecular flexibility index (Phi) is 4.62. The normalized spacial score (nSPS) is 21.0. The Morgan fingerprint density at radius 3 is 2.79 bits per heavy atom. The molecule has 0 radical (unpaired) electrons. The highest BCUT2D eigenvalue weighted by atomic mass is 35.5. The van der Waals surface area contributed by atoms with Crippen LogP contribution in [0.15, 0.2) is 18.5 Å². The molecule has 4 nitrogen and oxygen atoms in total. The minimum atomic E-state index is 0. The smallest absolute Gasteiger partial charge is 0.222 e. The zero-order valence-corrected chi connectivity index (χ0v) is 8.76. The van der Waals surface area contributed by atoms with E-state index in [2.05, 4.69) is 20.6 Å². The molecule has 0 aromatic carbocycles. The summed E-state index contributed by atoms with van der Waals surface area (Å²) in [6.45, 7) is 2.14. The summed E-state index contributed by atoms with van der Waals surface area (Å²) in [4.78, 5) is 8.25. The fourth-order valence-corrected chi connectivity index (χ4v) is 1.53. The summed E-state index contributed by atoms with van der Waals surface area (Å²) in [6, 6.07) is 2.31. The van der Waals surface area contributed by atoms with Crippen molar-refractivity contribution in [1.29, 1.82) is 0 Å². The molecule has 1 fully saturated rings. The van der Waals surface area contributed by atoms with Crippen molar-refractivity contribution in [3.8, 4) is 0 Å². The van der Waals surface area contributed by atoms with Crippen LogP contribution in [-0.4, -0.2) is 29.1 Å². The minimum Gasteiger partial charge on any atom is -0.350 e. The van der Waals surface area contributed by atoms with Gasteiger partial charge in [0.05, 0.1) is 0 Å². The van der Waals surface area contributed by atoms with Crippen molar-refractivity contribution >= 4 is 18.4 Å². The molecule has 1 saturated heterocycles. The summed E-state index contributed by atoms with van der Waals surface area (Å²) < 4.78 is 0. The number of anilines is 1. The maximum Gasteiger partial charge on any atom is 0.222 e. The maximum absolute atomic E-state index is 4.12. The van der Waals surface area contributed by atoms with Gasteiger partial charge >= 0.3 is 0 Å². The average Bonchev–Trinajstić information content (AvgIpc) is 2.21. The van der Waals surface area contributed by atoms with Gasteiger partial charge in [0.25, 0.3) is 0 Å². The summed E-state index contributed by atoms with van der Waals surface area (Å²) in [7, 11) is 0. The first kappa shape index (κ1) is 11.2. The number of nitrogens with zero attached hydrogens (tertiary/aromatic N) is 2. The third kappa shape index (κ3) is 3.12. The van der Waals surface area contributed by atoms with E-state index in [0.29, 0.717) is 6.04 Å². The molecule has 1 aromatic rings. The Balaban J connectivity index is 0.000000980. The standard InChI is InChI=1S/C9H14N4.ClH/c1-3-8(7-10-4-1)13-9-11-5-2-6-12-9;/h2,5-6,8,10H,1,3-4,7H2,(H,11,12,13);1H/t8-;/m1./s1. The highest BCUT2D eigenvalue weighted by molar-refractivity contribution is 5.85. The molecule has 1 aromatic heterocycles. The van der Waals surface area contributed by atoms with Crippen LogP contribution >= 0.6 is 12.4 Å². The topological polar surface area (TPSA) is 49.8 Å². The predicted octanol–water partition coefficient (Wildman–Crippen LogP) is 1.06. The van der Waals surface area contributed by atoms with Gasteiger partial charge in [-0.15, -0.1) is 12.4 Å². The van der Waals surface area contributed by atoms with Gasteiger partial charge in [0.1, 0.15) is 0 Å². The predicted molar refractivity (Wildman–Crippen MR) is 58.8 cm³/mol. The lowest BCUT2D eigenvalue weighted by Crippen LogP contribution is -2.38. The molecule has 5 heteroatoms. The third-order valence-corrected chi connectivity index (χ3v) is 2.20. The molecule has 0 aliphatic carbocycles. The van der Waals surface area contributed by atoms with Crippen LogP contribution in [0.1, 0.15) is 12.8 Å². The minimum absolute atomic E-state index is 0. The third-order valence-electron chi connectivity index (χ3n) is 2.20. The zero-order chi connectivity index (χ0) is 8.93. The molecule has 0 amide bonds. The molecule has 0 spiro atoms. The first-order valence-electron chi connectivity index (χ1n) is 4.69. The molecule has 0 bridgehead atoms. The van der Waals surface area contributed by atoms with Crippen LogP contribution in [0.5, 0.6) is 0 Å². The van der Waals surface area contributed by atoms with Crippen LogP contribution in [0.25, 0.3) is 0 Å². The lowest BCUT2D eigenvalue weighted by Gasteiger charge is -2.23. The monoisotopic (exact) mass is 214 g/mol. The molecule has 1 atom stereocenters. The second-order valence-corrected chi connectivity index (χ2v) is 3.26. The second-order valence-electron chi connectivity index (χ2n) is 3.26. The molecule has 0 unspecified atom stereocenters. The van der Waals surface area contributed by atoms with E-state index >= 15 is 0 Å². The molecule has 2 rings (SSSR count). The van der Waals surface area contributed by atoms with Crippen molar-refractivity contribution in [1.82, 2.24) is 15.3 Å². The summed E-state index contributed by atoms with van der Waals surface area (Å²) in [5, 5.41) is 6.63. The van der Waals surface area contributed by atoms with Crippen LogP contribution in [0.3, 0.4) is 0 Å².